The second kappa shape index (κ2) is 9.83. The molecule has 1 aliphatic rings. The molecule has 1 aliphatic carbocycles. The highest BCUT2D eigenvalue weighted by Gasteiger charge is 2.46. The van der Waals surface area contributed by atoms with Gasteiger partial charge in [0.2, 0.25) is 11.8 Å². The van der Waals surface area contributed by atoms with Crippen LogP contribution in [0.3, 0.4) is 0 Å². The standard InChI is InChI=1S/C21H22BrClIN5O2/c1-12(2)27-19(31)9-13-15(24)6-3-7-21(13,11-18(25)30)16-10-17(22)28-29(16)20-14(23)5-4-8-26-20/h3-8,10,12-13H,9,11H2,1-2H3,(H2,25,30)(H,27,31). The predicted octanol–water partition coefficient (Wildman–Crippen LogP) is 4.22. The summed E-state index contributed by atoms with van der Waals surface area (Å²) in [5.74, 6) is -0.486. The molecule has 7 nitrogen and oxygen atoms in total. The third-order valence-electron chi connectivity index (χ3n) is 5.01. The highest BCUT2D eigenvalue weighted by atomic mass is 127. The monoisotopic (exact) mass is 617 g/mol. The summed E-state index contributed by atoms with van der Waals surface area (Å²) in [7, 11) is 0. The molecule has 0 aliphatic heterocycles. The van der Waals surface area contributed by atoms with Crippen LogP contribution in [0, 0.1) is 5.92 Å². The second-order valence-electron chi connectivity index (χ2n) is 7.65. The molecule has 2 aromatic rings. The molecular weight excluding hydrogens is 597 g/mol. The predicted molar refractivity (Wildman–Crippen MR) is 132 cm³/mol. The van der Waals surface area contributed by atoms with E-state index in [9.17, 15) is 9.59 Å². The van der Waals surface area contributed by atoms with Gasteiger partial charge in [-0.1, -0.05) is 29.8 Å². The van der Waals surface area contributed by atoms with Crippen LogP contribution in [-0.4, -0.2) is 32.6 Å². The zero-order chi connectivity index (χ0) is 22.8. The minimum Gasteiger partial charge on any atom is -0.370 e. The van der Waals surface area contributed by atoms with E-state index < -0.39 is 11.3 Å². The number of carbonyl (C=O) groups is 2. The van der Waals surface area contributed by atoms with Gasteiger partial charge in [-0.15, -0.1) is 0 Å². The Kier molecular flexibility index (Phi) is 7.59. The first-order valence-corrected chi connectivity index (χ1v) is 11.9. The SMILES string of the molecule is CC(C)NC(=O)CC1C(I)=CC=CC1(CC(N)=O)c1cc(Br)nn1-c1ncccc1Cl. The zero-order valence-corrected chi connectivity index (χ0v) is 21.5. The van der Waals surface area contributed by atoms with Crippen LogP contribution in [0.1, 0.15) is 32.4 Å². The van der Waals surface area contributed by atoms with Crippen LogP contribution in [0.15, 0.2) is 50.8 Å². The molecule has 0 saturated heterocycles. The van der Waals surface area contributed by atoms with Crippen LogP contribution in [-0.2, 0) is 15.0 Å². The number of nitrogens with two attached hydrogens (primary N) is 1. The minimum atomic E-state index is -0.911. The Morgan fingerprint density at radius 1 is 1.45 bits per heavy atom. The van der Waals surface area contributed by atoms with E-state index in [0.717, 1.165) is 3.58 Å². The number of rotatable bonds is 7. The summed E-state index contributed by atoms with van der Waals surface area (Å²) in [5.41, 5.74) is 5.47. The number of amides is 2. The Morgan fingerprint density at radius 3 is 2.84 bits per heavy atom. The molecule has 0 aromatic carbocycles. The Balaban J connectivity index is 2.20. The van der Waals surface area contributed by atoms with Crippen molar-refractivity contribution in [3.8, 4) is 5.82 Å². The summed E-state index contributed by atoms with van der Waals surface area (Å²) in [6.45, 7) is 3.82. The average molecular weight is 619 g/mol. The smallest absolute Gasteiger partial charge is 0.220 e. The molecule has 0 bridgehead atoms. The van der Waals surface area contributed by atoms with Crippen molar-refractivity contribution in [1.29, 1.82) is 0 Å². The number of hydrogen-bond donors (Lipinski definition) is 2. The molecule has 164 valence electrons. The van der Waals surface area contributed by atoms with E-state index >= 15 is 0 Å². The van der Waals surface area contributed by atoms with Crippen LogP contribution in [0.2, 0.25) is 5.02 Å². The topological polar surface area (TPSA) is 103 Å². The normalized spacial score (nSPS) is 20.6. The number of nitrogens with one attached hydrogen (secondary N) is 1. The van der Waals surface area contributed by atoms with E-state index in [0.29, 0.717) is 21.1 Å². The van der Waals surface area contributed by atoms with Crippen molar-refractivity contribution >= 4 is 61.9 Å². The first kappa shape index (κ1) is 23.9. The summed E-state index contributed by atoms with van der Waals surface area (Å²) in [6, 6.07) is 5.28. The lowest BCUT2D eigenvalue weighted by molar-refractivity contribution is -0.124. The first-order chi connectivity index (χ1) is 14.6. The van der Waals surface area contributed by atoms with Crippen molar-refractivity contribution in [2.75, 3.05) is 0 Å². The molecule has 31 heavy (non-hydrogen) atoms. The van der Waals surface area contributed by atoms with Crippen LogP contribution >= 0.6 is 50.1 Å². The zero-order valence-electron chi connectivity index (χ0n) is 17.0. The molecule has 0 saturated carbocycles. The van der Waals surface area contributed by atoms with Gasteiger partial charge < -0.3 is 11.1 Å². The lowest BCUT2D eigenvalue weighted by Gasteiger charge is -2.40. The van der Waals surface area contributed by atoms with Crippen LogP contribution in [0.5, 0.6) is 0 Å². The number of allylic oxidation sites excluding steroid dienone is 4. The summed E-state index contributed by atoms with van der Waals surface area (Å²) in [5, 5.41) is 7.88. The van der Waals surface area contributed by atoms with E-state index in [1.165, 1.54) is 0 Å². The van der Waals surface area contributed by atoms with Gasteiger partial charge in [0, 0.05) is 36.4 Å². The maximum Gasteiger partial charge on any atom is 0.220 e. The molecule has 2 atom stereocenters. The molecule has 2 amide bonds. The van der Waals surface area contributed by atoms with Gasteiger partial charge in [-0.05, 0) is 74.1 Å². The van der Waals surface area contributed by atoms with Gasteiger partial charge in [0.05, 0.1) is 10.7 Å². The van der Waals surface area contributed by atoms with Gasteiger partial charge >= 0.3 is 0 Å². The highest BCUT2D eigenvalue weighted by Crippen LogP contribution is 2.48. The molecule has 0 fully saturated rings. The van der Waals surface area contributed by atoms with E-state index in [-0.39, 0.29) is 30.7 Å². The Morgan fingerprint density at radius 2 is 2.19 bits per heavy atom. The van der Waals surface area contributed by atoms with E-state index in [4.69, 9.17) is 17.3 Å². The number of pyridine rings is 1. The molecule has 3 N–H and O–H groups in total. The number of aromatic nitrogens is 3. The van der Waals surface area contributed by atoms with Gasteiger partial charge in [-0.3, -0.25) is 9.59 Å². The molecule has 2 unspecified atom stereocenters. The van der Waals surface area contributed by atoms with Gasteiger partial charge in [0.25, 0.3) is 0 Å². The number of hydrogen-bond acceptors (Lipinski definition) is 4. The fourth-order valence-electron chi connectivity index (χ4n) is 3.84. The van der Waals surface area contributed by atoms with Crippen molar-refractivity contribution in [1.82, 2.24) is 20.1 Å². The first-order valence-electron chi connectivity index (χ1n) is 9.63. The van der Waals surface area contributed by atoms with Crippen molar-refractivity contribution in [3.05, 3.63) is 61.5 Å². The van der Waals surface area contributed by atoms with Gasteiger partial charge in [-0.2, -0.15) is 5.10 Å². The fraction of sp³-hybridized carbons (Fsp3) is 0.333. The van der Waals surface area contributed by atoms with Crippen LogP contribution in [0.4, 0.5) is 0 Å². The molecule has 10 heteroatoms. The quantitative estimate of drug-likeness (QED) is 0.454. The molecular formula is C21H22BrClIN5O2. The van der Waals surface area contributed by atoms with E-state index in [1.807, 2.05) is 38.1 Å². The van der Waals surface area contributed by atoms with Gasteiger partial charge in [-0.25, -0.2) is 9.67 Å². The molecule has 0 radical (unpaired) electrons. The van der Waals surface area contributed by atoms with E-state index in [1.54, 1.807) is 23.0 Å². The van der Waals surface area contributed by atoms with Crippen LogP contribution in [0.25, 0.3) is 5.82 Å². The Hall–Kier alpha value is -1.72. The second-order valence-corrected chi connectivity index (χ2v) is 10.1. The number of primary amides is 1. The summed E-state index contributed by atoms with van der Waals surface area (Å²) in [6.07, 6.45) is 7.54. The van der Waals surface area contributed by atoms with Crippen molar-refractivity contribution in [2.45, 2.75) is 38.1 Å². The maximum atomic E-state index is 12.7. The maximum absolute atomic E-state index is 12.7. The lowest BCUT2D eigenvalue weighted by Crippen LogP contribution is -2.43. The molecule has 2 heterocycles. The molecule has 3 rings (SSSR count). The summed E-state index contributed by atoms with van der Waals surface area (Å²) >= 11 is 12.1. The van der Waals surface area contributed by atoms with Crippen molar-refractivity contribution in [3.63, 3.8) is 0 Å². The van der Waals surface area contributed by atoms with Crippen molar-refractivity contribution < 1.29 is 9.59 Å². The lowest BCUT2D eigenvalue weighted by atomic mass is 9.66. The van der Waals surface area contributed by atoms with Crippen LogP contribution < -0.4 is 11.1 Å². The summed E-state index contributed by atoms with van der Waals surface area (Å²) < 4.78 is 3.11. The number of carbonyl (C=O) groups excluding carboxylic acids is 2. The van der Waals surface area contributed by atoms with Crippen molar-refractivity contribution in [2.24, 2.45) is 11.7 Å². The van der Waals surface area contributed by atoms with Gasteiger partial charge in [0.15, 0.2) is 5.82 Å². The molecule has 0 spiro atoms. The third kappa shape index (κ3) is 5.20. The number of nitrogens with zero attached hydrogens (tertiary/aromatic N) is 3. The average Bonchev–Trinajstić information content (AvgIpc) is 3.06. The number of halogens is 3. The third-order valence-corrected chi connectivity index (χ3v) is 6.80. The minimum absolute atomic E-state index is 0.00538. The Labute approximate surface area is 207 Å². The Bertz CT molecular complexity index is 1070. The largest absolute Gasteiger partial charge is 0.370 e. The highest BCUT2D eigenvalue weighted by molar-refractivity contribution is 14.1. The van der Waals surface area contributed by atoms with Gasteiger partial charge in [0.1, 0.15) is 4.60 Å². The van der Waals surface area contributed by atoms with E-state index in [2.05, 4.69) is 53.9 Å². The fourth-order valence-corrected chi connectivity index (χ4v) is 5.40. The summed E-state index contributed by atoms with van der Waals surface area (Å²) in [4.78, 5) is 29.4. The molecule has 2 aromatic heterocycles.